The van der Waals surface area contributed by atoms with Crippen LogP contribution in [0.2, 0.25) is 0 Å². The summed E-state index contributed by atoms with van der Waals surface area (Å²) in [4.78, 5) is 0. The zero-order valence-corrected chi connectivity index (χ0v) is 14.0. The number of hydrogen-bond acceptors (Lipinski definition) is 4. The molecule has 4 nitrogen and oxygen atoms in total. The van der Waals surface area contributed by atoms with Crippen LogP contribution in [-0.2, 0) is 0 Å². The molecule has 4 heteroatoms. The number of aryl methyl sites for hydroxylation is 1. The highest BCUT2D eigenvalue weighted by atomic mass is 16.5. The summed E-state index contributed by atoms with van der Waals surface area (Å²) in [5.74, 6) is 3.01. The zero-order valence-electron chi connectivity index (χ0n) is 14.0. The molecule has 0 aliphatic carbocycles. The molecule has 0 saturated carbocycles. The van der Waals surface area contributed by atoms with E-state index >= 15 is 0 Å². The van der Waals surface area contributed by atoms with Crippen LogP contribution >= 0.6 is 0 Å². The van der Waals surface area contributed by atoms with Gasteiger partial charge in [-0.05, 0) is 30.7 Å². The Labute approximate surface area is 135 Å². The highest BCUT2D eigenvalue weighted by Crippen LogP contribution is 2.49. The van der Waals surface area contributed by atoms with Crippen LogP contribution < -0.4 is 18.9 Å². The lowest BCUT2D eigenvalue weighted by Crippen LogP contribution is -1.97. The number of benzene rings is 3. The number of hydrogen-bond donors (Lipinski definition) is 0. The first-order chi connectivity index (χ1) is 11.2. The van der Waals surface area contributed by atoms with Crippen molar-refractivity contribution in [1.29, 1.82) is 0 Å². The number of fused-ring (bicyclic) bond motifs is 2. The van der Waals surface area contributed by atoms with Crippen molar-refractivity contribution in [2.24, 2.45) is 0 Å². The van der Waals surface area contributed by atoms with Gasteiger partial charge < -0.3 is 18.9 Å². The van der Waals surface area contributed by atoms with Gasteiger partial charge in [-0.3, -0.25) is 0 Å². The predicted octanol–water partition coefficient (Wildman–Crippen LogP) is 4.34. The van der Waals surface area contributed by atoms with Crippen LogP contribution in [0.25, 0.3) is 21.5 Å². The van der Waals surface area contributed by atoms with Crippen molar-refractivity contribution in [3.8, 4) is 23.0 Å². The molecule has 0 N–H and O–H groups in total. The fourth-order valence-corrected chi connectivity index (χ4v) is 3.15. The molecule has 3 rings (SSSR count). The van der Waals surface area contributed by atoms with Crippen molar-refractivity contribution in [2.75, 3.05) is 28.4 Å². The van der Waals surface area contributed by atoms with Crippen molar-refractivity contribution < 1.29 is 18.9 Å². The summed E-state index contributed by atoms with van der Waals surface area (Å²) < 4.78 is 22.6. The molecule has 3 aromatic rings. The molecular weight excluding hydrogens is 292 g/mol. The Hall–Kier alpha value is -2.62. The second-order valence-electron chi connectivity index (χ2n) is 5.34. The average Bonchev–Trinajstić information content (AvgIpc) is 2.58. The van der Waals surface area contributed by atoms with Crippen molar-refractivity contribution in [1.82, 2.24) is 0 Å². The normalized spacial score (nSPS) is 10.8. The number of rotatable bonds is 4. The maximum atomic E-state index is 5.75. The third-order valence-corrected chi connectivity index (χ3v) is 4.06. The second kappa shape index (κ2) is 5.88. The summed E-state index contributed by atoms with van der Waals surface area (Å²) in [6.07, 6.45) is 0. The highest BCUT2D eigenvalue weighted by molar-refractivity contribution is 6.15. The van der Waals surface area contributed by atoms with Gasteiger partial charge in [-0.1, -0.05) is 12.1 Å². The molecule has 0 atom stereocenters. The maximum absolute atomic E-state index is 5.75. The third kappa shape index (κ3) is 2.22. The first kappa shape index (κ1) is 15.3. The van der Waals surface area contributed by atoms with Crippen molar-refractivity contribution in [2.45, 2.75) is 6.92 Å². The molecule has 120 valence electrons. The van der Waals surface area contributed by atoms with Gasteiger partial charge in [0.15, 0.2) is 0 Å². The molecule has 0 aliphatic rings. The Morgan fingerprint density at radius 2 is 1.30 bits per heavy atom. The fourth-order valence-electron chi connectivity index (χ4n) is 3.15. The molecule has 0 heterocycles. The highest BCUT2D eigenvalue weighted by Gasteiger charge is 2.21. The molecule has 0 fully saturated rings. The quantitative estimate of drug-likeness (QED) is 0.672. The van der Waals surface area contributed by atoms with E-state index < -0.39 is 0 Å². The topological polar surface area (TPSA) is 36.9 Å². The molecule has 23 heavy (non-hydrogen) atoms. The molecule has 0 radical (unpaired) electrons. The number of ether oxygens (including phenoxy) is 4. The first-order valence-electron chi connectivity index (χ1n) is 7.35. The molecule has 0 spiro atoms. The van der Waals surface area contributed by atoms with E-state index in [2.05, 4.69) is 6.07 Å². The van der Waals surface area contributed by atoms with Crippen LogP contribution in [0.3, 0.4) is 0 Å². The van der Waals surface area contributed by atoms with Crippen LogP contribution in [0.15, 0.2) is 30.3 Å². The van der Waals surface area contributed by atoms with Gasteiger partial charge in [0.25, 0.3) is 0 Å². The van der Waals surface area contributed by atoms with Crippen molar-refractivity contribution in [3.05, 3.63) is 35.9 Å². The van der Waals surface area contributed by atoms with Gasteiger partial charge >= 0.3 is 0 Å². The van der Waals surface area contributed by atoms with Gasteiger partial charge in [0.1, 0.15) is 23.0 Å². The van der Waals surface area contributed by atoms with Gasteiger partial charge in [0.2, 0.25) is 0 Å². The van der Waals surface area contributed by atoms with Crippen molar-refractivity contribution in [3.63, 3.8) is 0 Å². The van der Waals surface area contributed by atoms with E-state index in [1.165, 1.54) is 0 Å². The maximum Gasteiger partial charge on any atom is 0.142 e. The Morgan fingerprint density at radius 3 is 1.91 bits per heavy atom. The van der Waals surface area contributed by atoms with Crippen LogP contribution in [0.1, 0.15) is 5.56 Å². The summed E-state index contributed by atoms with van der Waals surface area (Å²) in [7, 11) is 6.64. The van der Waals surface area contributed by atoms with E-state index in [0.29, 0.717) is 0 Å². The molecule has 0 aliphatic heterocycles. The second-order valence-corrected chi connectivity index (χ2v) is 5.34. The minimum atomic E-state index is 0.727. The molecule has 0 unspecified atom stereocenters. The minimum Gasteiger partial charge on any atom is -0.496 e. The average molecular weight is 312 g/mol. The summed E-state index contributed by atoms with van der Waals surface area (Å²) in [5.41, 5.74) is 1.09. The Bertz CT molecular complexity index is 884. The summed E-state index contributed by atoms with van der Waals surface area (Å²) in [5, 5.41) is 3.67. The van der Waals surface area contributed by atoms with E-state index in [-0.39, 0.29) is 0 Å². The molecule has 3 aromatic carbocycles. The van der Waals surface area contributed by atoms with Gasteiger partial charge in [-0.2, -0.15) is 0 Å². The van der Waals surface area contributed by atoms with Crippen LogP contribution in [0, 0.1) is 6.92 Å². The van der Waals surface area contributed by atoms with E-state index in [0.717, 1.165) is 50.1 Å². The molecule has 0 bridgehead atoms. The lowest BCUT2D eigenvalue weighted by Gasteiger charge is -2.19. The predicted molar refractivity (Wildman–Crippen MR) is 92.4 cm³/mol. The third-order valence-electron chi connectivity index (χ3n) is 4.06. The first-order valence-corrected chi connectivity index (χ1v) is 7.35. The fraction of sp³-hybridized carbons (Fsp3) is 0.263. The largest absolute Gasteiger partial charge is 0.496 e. The Kier molecular flexibility index (Phi) is 3.90. The molecule has 0 aromatic heterocycles. The smallest absolute Gasteiger partial charge is 0.142 e. The zero-order chi connectivity index (χ0) is 16.6. The van der Waals surface area contributed by atoms with Gasteiger partial charge in [0, 0.05) is 10.8 Å². The van der Waals surface area contributed by atoms with Crippen LogP contribution in [0.4, 0.5) is 0 Å². The van der Waals surface area contributed by atoms with Gasteiger partial charge in [-0.25, -0.2) is 0 Å². The summed E-state index contributed by atoms with van der Waals surface area (Å²) in [6.45, 7) is 2.03. The Morgan fingerprint density at radius 1 is 0.652 bits per heavy atom. The molecule has 0 amide bonds. The minimum absolute atomic E-state index is 0.727. The monoisotopic (exact) mass is 312 g/mol. The summed E-state index contributed by atoms with van der Waals surface area (Å²) >= 11 is 0. The molecular formula is C19H20O4. The summed E-state index contributed by atoms with van der Waals surface area (Å²) in [6, 6.07) is 9.94. The van der Waals surface area contributed by atoms with E-state index in [4.69, 9.17) is 18.9 Å². The van der Waals surface area contributed by atoms with E-state index in [1.807, 2.05) is 31.2 Å². The molecule has 0 saturated heterocycles. The van der Waals surface area contributed by atoms with Gasteiger partial charge in [0.05, 0.1) is 39.2 Å². The number of methoxy groups -OCH3 is 4. The van der Waals surface area contributed by atoms with Crippen molar-refractivity contribution >= 4 is 21.5 Å². The SMILES string of the molecule is COc1c2cccc(OC)c2c(OC)c2c(OC)cc(C)cc12. The Balaban J connectivity index is 2.66. The van der Waals surface area contributed by atoms with E-state index in [1.54, 1.807) is 28.4 Å². The lowest BCUT2D eigenvalue weighted by atomic mass is 9.97. The van der Waals surface area contributed by atoms with E-state index in [9.17, 15) is 0 Å². The lowest BCUT2D eigenvalue weighted by molar-refractivity contribution is 0.398. The standard InChI is InChI=1S/C19H20O4/c1-11-9-13-17(15(10-11)21-3)19(23-5)16-12(18(13)22-4)7-6-8-14(16)20-2/h6-10H,1-5H3. The van der Waals surface area contributed by atoms with Crippen LogP contribution in [-0.4, -0.2) is 28.4 Å². The van der Waals surface area contributed by atoms with Gasteiger partial charge in [-0.15, -0.1) is 0 Å². The van der Waals surface area contributed by atoms with Crippen LogP contribution in [0.5, 0.6) is 23.0 Å².